The Bertz CT molecular complexity index is 1220. The lowest BCUT2D eigenvalue weighted by Gasteiger charge is -2.12. The topological polar surface area (TPSA) is 101 Å². The van der Waals surface area contributed by atoms with Gasteiger partial charge in [-0.05, 0) is 61.2 Å². The first kappa shape index (κ1) is 18.6. The van der Waals surface area contributed by atoms with Gasteiger partial charge in [0.25, 0.3) is 11.5 Å². The summed E-state index contributed by atoms with van der Waals surface area (Å²) >= 11 is 0. The normalized spacial score (nSPS) is 13.7. The molecular formula is C22H19N3O4. The maximum Gasteiger partial charge on any atom is 0.328 e. The van der Waals surface area contributed by atoms with Crippen LogP contribution in [0, 0.1) is 6.92 Å². The lowest BCUT2D eigenvalue weighted by molar-refractivity contribution is -0.131. The second kappa shape index (κ2) is 7.35. The number of benzene rings is 2. The number of carboxylic acids is 1. The second-order valence-corrected chi connectivity index (χ2v) is 7.12. The summed E-state index contributed by atoms with van der Waals surface area (Å²) in [6.45, 7) is 1.86. The molecule has 0 unspecified atom stereocenters. The van der Waals surface area contributed by atoms with Crippen molar-refractivity contribution in [3.63, 3.8) is 0 Å². The monoisotopic (exact) mass is 389 g/mol. The SMILES string of the molecule is Cc1ccc(C(=O)NC2CC2)cc1-n1cnc2ccc(C=CC(=O)O)cc2c1=O. The van der Waals surface area contributed by atoms with Crippen LogP contribution in [-0.2, 0) is 4.79 Å². The minimum atomic E-state index is -1.06. The van der Waals surface area contributed by atoms with E-state index in [9.17, 15) is 14.4 Å². The first-order chi connectivity index (χ1) is 13.9. The summed E-state index contributed by atoms with van der Waals surface area (Å²) in [7, 11) is 0. The van der Waals surface area contributed by atoms with Crippen LogP contribution in [0.2, 0.25) is 0 Å². The molecule has 0 saturated heterocycles. The number of carboxylic acid groups (broad SMARTS) is 1. The third-order valence-corrected chi connectivity index (χ3v) is 4.84. The van der Waals surface area contributed by atoms with Crippen LogP contribution in [0.5, 0.6) is 0 Å². The standard InChI is InChI=1S/C22H19N3O4/c1-13-2-5-15(21(28)24-16-6-7-16)11-19(13)25-12-23-18-8-3-14(4-9-20(26)27)10-17(18)22(25)29/h2-5,8-12,16H,6-7H2,1H3,(H,24,28)(H,26,27). The average molecular weight is 389 g/mol. The number of hydrogen-bond donors (Lipinski definition) is 2. The number of amides is 1. The van der Waals surface area contributed by atoms with Gasteiger partial charge in [0, 0.05) is 17.7 Å². The second-order valence-electron chi connectivity index (χ2n) is 7.12. The first-order valence-electron chi connectivity index (χ1n) is 9.27. The fraction of sp³-hybridized carbons (Fsp3) is 0.182. The molecule has 29 heavy (non-hydrogen) atoms. The highest BCUT2D eigenvalue weighted by molar-refractivity contribution is 5.95. The lowest BCUT2D eigenvalue weighted by Crippen LogP contribution is -2.26. The number of aliphatic carboxylic acids is 1. The summed E-state index contributed by atoms with van der Waals surface area (Å²) in [5.74, 6) is -1.22. The predicted octanol–water partition coefficient (Wildman–Crippen LogP) is 2.68. The van der Waals surface area contributed by atoms with E-state index in [-0.39, 0.29) is 17.5 Å². The number of rotatable bonds is 5. The van der Waals surface area contributed by atoms with Crippen LogP contribution in [0.25, 0.3) is 22.7 Å². The third-order valence-electron chi connectivity index (χ3n) is 4.84. The van der Waals surface area contributed by atoms with Gasteiger partial charge in [-0.2, -0.15) is 0 Å². The van der Waals surface area contributed by atoms with Gasteiger partial charge in [-0.3, -0.25) is 14.2 Å². The molecule has 0 radical (unpaired) electrons. The number of nitrogens with zero attached hydrogens (tertiary/aromatic N) is 2. The molecule has 1 aliphatic rings. The highest BCUT2D eigenvalue weighted by atomic mass is 16.4. The molecule has 1 heterocycles. The molecule has 0 spiro atoms. The molecule has 2 N–H and O–H groups in total. The summed E-state index contributed by atoms with van der Waals surface area (Å²) in [6.07, 6.45) is 5.88. The maximum atomic E-state index is 13.1. The summed E-state index contributed by atoms with van der Waals surface area (Å²) in [6, 6.07) is 10.5. The Kier molecular flexibility index (Phi) is 4.72. The number of hydrogen-bond acceptors (Lipinski definition) is 4. The fourth-order valence-corrected chi connectivity index (χ4v) is 3.09. The number of nitrogens with one attached hydrogen (secondary N) is 1. The van der Waals surface area contributed by atoms with Crippen LogP contribution in [0.3, 0.4) is 0 Å². The van der Waals surface area contributed by atoms with Crippen molar-refractivity contribution in [1.29, 1.82) is 0 Å². The molecule has 7 heteroatoms. The van der Waals surface area contributed by atoms with Crippen molar-refractivity contribution < 1.29 is 14.7 Å². The molecule has 2 aromatic carbocycles. The van der Waals surface area contributed by atoms with Crippen LogP contribution in [0.4, 0.5) is 0 Å². The van der Waals surface area contributed by atoms with E-state index in [0.29, 0.717) is 27.7 Å². The lowest BCUT2D eigenvalue weighted by atomic mass is 10.1. The molecule has 3 aromatic rings. The average Bonchev–Trinajstić information content (AvgIpc) is 3.51. The number of aromatic nitrogens is 2. The van der Waals surface area contributed by atoms with E-state index < -0.39 is 5.97 Å². The van der Waals surface area contributed by atoms with E-state index in [4.69, 9.17) is 5.11 Å². The molecule has 0 atom stereocenters. The van der Waals surface area contributed by atoms with Crippen LogP contribution in [0.1, 0.15) is 34.3 Å². The van der Waals surface area contributed by atoms with Gasteiger partial charge in [0.1, 0.15) is 6.33 Å². The van der Waals surface area contributed by atoms with Crippen LogP contribution >= 0.6 is 0 Å². The summed E-state index contributed by atoms with van der Waals surface area (Å²) in [4.78, 5) is 40.6. The van der Waals surface area contributed by atoms with Gasteiger partial charge in [-0.15, -0.1) is 0 Å². The molecule has 146 valence electrons. The van der Waals surface area contributed by atoms with Gasteiger partial charge >= 0.3 is 5.97 Å². The highest BCUT2D eigenvalue weighted by Crippen LogP contribution is 2.21. The Morgan fingerprint density at radius 1 is 1.21 bits per heavy atom. The smallest absolute Gasteiger partial charge is 0.328 e. The molecule has 1 aromatic heterocycles. The fourth-order valence-electron chi connectivity index (χ4n) is 3.09. The minimum Gasteiger partial charge on any atom is -0.478 e. The van der Waals surface area contributed by atoms with Crippen LogP contribution < -0.4 is 10.9 Å². The van der Waals surface area contributed by atoms with Crippen LogP contribution in [0.15, 0.2) is 53.6 Å². The molecule has 4 rings (SSSR count). The van der Waals surface area contributed by atoms with E-state index in [0.717, 1.165) is 24.5 Å². The molecule has 1 fully saturated rings. The van der Waals surface area contributed by atoms with Crippen molar-refractivity contribution in [2.45, 2.75) is 25.8 Å². The Balaban J connectivity index is 1.79. The van der Waals surface area contributed by atoms with Gasteiger partial charge in [-0.25, -0.2) is 9.78 Å². The van der Waals surface area contributed by atoms with Crippen molar-refractivity contribution in [1.82, 2.24) is 14.9 Å². The van der Waals surface area contributed by atoms with E-state index >= 15 is 0 Å². The molecule has 0 bridgehead atoms. The van der Waals surface area contributed by atoms with Gasteiger partial charge in [0.2, 0.25) is 0 Å². The van der Waals surface area contributed by atoms with Gasteiger partial charge in [0.15, 0.2) is 0 Å². The van der Waals surface area contributed by atoms with E-state index in [1.807, 2.05) is 6.92 Å². The summed E-state index contributed by atoms with van der Waals surface area (Å²) in [5.41, 5.74) is 2.72. The number of carbonyl (C=O) groups excluding carboxylic acids is 1. The van der Waals surface area contributed by atoms with E-state index in [1.165, 1.54) is 17.0 Å². The van der Waals surface area contributed by atoms with Crippen LogP contribution in [-0.4, -0.2) is 32.6 Å². The highest BCUT2D eigenvalue weighted by Gasteiger charge is 2.24. The zero-order chi connectivity index (χ0) is 20.5. The Hall–Kier alpha value is -3.74. The number of aryl methyl sites for hydroxylation is 1. The van der Waals surface area contributed by atoms with Crippen molar-refractivity contribution in [2.75, 3.05) is 0 Å². The largest absolute Gasteiger partial charge is 0.478 e. The van der Waals surface area contributed by atoms with Crippen molar-refractivity contribution >= 4 is 28.9 Å². The molecule has 1 saturated carbocycles. The number of fused-ring (bicyclic) bond motifs is 1. The minimum absolute atomic E-state index is 0.156. The Morgan fingerprint density at radius 3 is 2.72 bits per heavy atom. The van der Waals surface area contributed by atoms with Crippen molar-refractivity contribution in [3.05, 3.63) is 75.8 Å². The molecule has 0 aliphatic heterocycles. The first-order valence-corrected chi connectivity index (χ1v) is 9.27. The van der Waals surface area contributed by atoms with Gasteiger partial charge in [0.05, 0.1) is 16.6 Å². The third kappa shape index (κ3) is 3.94. The zero-order valence-electron chi connectivity index (χ0n) is 15.8. The predicted molar refractivity (Wildman–Crippen MR) is 109 cm³/mol. The summed E-state index contributed by atoms with van der Waals surface area (Å²) in [5, 5.41) is 12.1. The maximum absolute atomic E-state index is 13.1. The zero-order valence-corrected chi connectivity index (χ0v) is 15.8. The van der Waals surface area contributed by atoms with Crippen molar-refractivity contribution in [3.8, 4) is 5.69 Å². The van der Waals surface area contributed by atoms with Gasteiger partial charge < -0.3 is 10.4 Å². The number of carbonyl (C=O) groups is 2. The van der Waals surface area contributed by atoms with E-state index in [2.05, 4.69) is 10.3 Å². The molecule has 7 nitrogen and oxygen atoms in total. The quantitative estimate of drug-likeness (QED) is 0.654. The molecular weight excluding hydrogens is 370 g/mol. The Labute approximate surface area is 166 Å². The summed E-state index contributed by atoms with van der Waals surface area (Å²) < 4.78 is 1.41. The van der Waals surface area contributed by atoms with E-state index in [1.54, 1.807) is 36.4 Å². The molecule has 1 aliphatic carbocycles. The molecule has 1 amide bonds. The van der Waals surface area contributed by atoms with Crippen molar-refractivity contribution in [2.24, 2.45) is 0 Å². The Morgan fingerprint density at radius 2 is 2.00 bits per heavy atom. The van der Waals surface area contributed by atoms with Gasteiger partial charge in [-0.1, -0.05) is 12.1 Å².